The van der Waals surface area contributed by atoms with Crippen LogP contribution in [0.5, 0.6) is 5.75 Å². The second kappa shape index (κ2) is 13.4. The Labute approximate surface area is 216 Å². The van der Waals surface area contributed by atoms with Gasteiger partial charge in [-0.15, -0.1) is 0 Å². The number of Topliss-reactive ketones (excluding diaryl/α,β-unsaturated/α-hetero) is 1. The Morgan fingerprint density at radius 3 is 2.44 bits per heavy atom. The van der Waals surface area contributed by atoms with Gasteiger partial charge in [-0.2, -0.15) is 0 Å². The van der Waals surface area contributed by atoms with Gasteiger partial charge in [0.25, 0.3) is 0 Å². The third-order valence-corrected chi connectivity index (χ3v) is 7.26. The van der Waals surface area contributed by atoms with Gasteiger partial charge in [-0.1, -0.05) is 66.7 Å². The van der Waals surface area contributed by atoms with Gasteiger partial charge in [0.05, 0.1) is 0 Å². The summed E-state index contributed by atoms with van der Waals surface area (Å²) in [5, 5.41) is 3.22. The van der Waals surface area contributed by atoms with Gasteiger partial charge in [-0.25, -0.2) is 0 Å². The van der Waals surface area contributed by atoms with E-state index in [1.807, 2.05) is 31.3 Å². The van der Waals surface area contributed by atoms with E-state index in [0.717, 1.165) is 55.9 Å². The van der Waals surface area contributed by atoms with E-state index in [9.17, 15) is 4.79 Å². The van der Waals surface area contributed by atoms with Crippen molar-refractivity contribution in [2.75, 3.05) is 26.7 Å². The van der Waals surface area contributed by atoms with Crippen molar-refractivity contribution in [1.29, 1.82) is 0 Å². The number of hydrogen-bond donors (Lipinski definition) is 1. The van der Waals surface area contributed by atoms with Crippen molar-refractivity contribution in [1.82, 2.24) is 10.2 Å². The Morgan fingerprint density at radius 2 is 1.75 bits per heavy atom. The lowest BCUT2D eigenvalue weighted by Crippen LogP contribution is -2.33. The van der Waals surface area contributed by atoms with Gasteiger partial charge in [0.1, 0.15) is 11.9 Å². The quantitative estimate of drug-likeness (QED) is 0.294. The lowest BCUT2D eigenvalue weighted by atomic mass is 9.90. The highest BCUT2D eigenvalue weighted by molar-refractivity contribution is 5.96. The van der Waals surface area contributed by atoms with E-state index in [-0.39, 0.29) is 11.9 Å². The molecule has 1 fully saturated rings. The van der Waals surface area contributed by atoms with Crippen LogP contribution in [0, 0.1) is 12.8 Å². The van der Waals surface area contributed by atoms with Gasteiger partial charge < -0.3 is 10.1 Å². The molecule has 1 saturated heterocycles. The molecule has 0 spiro atoms. The summed E-state index contributed by atoms with van der Waals surface area (Å²) in [5.41, 5.74) is 4.48. The van der Waals surface area contributed by atoms with Crippen LogP contribution in [0.25, 0.3) is 0 Å². The Hall–Kier alpha value is -2.95. The largest absolute Gasteiger partial charge is 0.486 e. The van der Waals surface area contributed by atoms with E-state index in [2.05, 4.69) is 71.7 Å². The topological polar surface area (TPSA) is 41.6 Å². The highest BCUT2D eigenvalue weighted by atomic mass is 16.5. The Bertz CT molecular complexity index is 1070. The Balaban J connectivity index is 1.26. The van der Waals surface area contributed by atoms with E-state index < -0.39 is 0 Å². The SMILES string of the molecule is CNCCC(Oc1cccc(C)c1)c1ccc(C(=O)CCC2CCN(Cc3ccccc3)CC2)cc1. The van der Waals surface area contributed by atoms with Crippen molar-refractivity contribution in [3.05, 3.63) is 101 Å². The summed E-state index contributed by atoms with van der Waals surface area (Å²) in [5.74, 6) is 1.78. The third-order valence-electron chi connectivity index (χ3n) is 7.26. The molecule has 0 aromatic heterocycles. The highest BCUT2D eigenvalue weighted by Gasteiger charge is 2.21. The maximum atomic E-state index is 12.9. The van der Waals surface area contributed by atoms with Gasteiger partial charge >= 0.3 is 0 Å². The van der Waals surface area contributed by atoms with E-state index in [1.54, 1.807) is 0 Å². The molecule has 4 nitrogen and oxygen atoms in total. The van der Waals surface area contributed by atoms with Crippen LogP contribution >= 0.6 is 0 Å². The van der Waals surface area contributed by atoms with Crippen LogP contribution in [0.1, 0.15) is 65.3 Å². The number of hydrogen-bond acceptors (Lipinski definition) is 4. The first-order chi connectivity index (χ1) is 17.6. The molecule has 0 radical (unpaired) electrons. The lowest BCUT2D eigenvalue weighted by Gasteiger charge is -2.32. The summed E-state index contributed by atoms with van der Waals surface area (Å²) in [7, 11) is 1.96. The molecular weight excluding hydrogens is 444 g/mol. The van der Waals surface area contributed by atoms with Crippen LogP contribution in [-0.4, -0.2) is 37.4 Å². The summed E-state index contributed by atoms with van der Waals surface area (Å²) in [6.07, 6.45) is 4.79. The number of rotatable bonds is 12. The first-order valence-electron chi connectivity index (χ1n) is 13.4. The molecule has 0 amide bonds. The van der Waals surface area contributed by atoms with Crippen LogP contribution in [0.15, 0.2) is 78.9 Å². The molecule has 1 aliphatic rings. The average molecular weight is 485 g/mol. The molecule has 4 rings (SSSR count). The van der Waals surface area contributed by atoms with Crippen molar-refractivity contribution in [2.24, 2.45) is 5.92 Å². The number of carbonyl (C=O) groups is 1. The van der Waals surface area contributed by atoms with Crippen molar-refractivity contribution < 1.29 is 9.53 Å². The molecule has 1 aliphatic heterocycles. The fourth-order valence-corrected chi connectivity index (χ4v) is 5.06. The number of likely N-dealkylation sites (tertiary alicyclic amines) is 1. The zero-order valence-electron chi connectivity index (χ0n) is 21.8. The molecule has 1 N–H and O–H groups in total. The fourth-order valence-electron chi connectivity index (χ4n) is 5.06. The first kappa shape index (κ1) is 26.1. The first-order valence-corrected chi connectivity index (χ1v) is 13.4. The molecule has 0 saturated carbocycles. The van der Waals surface area contributed by atoms with Crippen molar-refractivity contribution in [2.45, 2.75) is 51.7 Å². The lowest BCUT2D eigenvalue weighted by molar-refractivity contribution is 0.0961. The second-order valence-corrected chi connectivity index (χ2v) is 10.1. The summed E-state index contributed by atoms with van der Waals surface area (Å²) >= 11 is 0. The van der Waals surface area contributed by atoms with Gasteiger partial charge in [-0.3, -0.25) is 9.69 Å². The Kier molecular flexibility index (Phi) is 9.71. The molecule has 190 valence electrons. The molecule has 3 aromatic carbocycles. The molecule has 36 heavy (non-hydrogen) atoms. The van der Waals surface area contributed by atoms with Gasteiger partial charge in [0, 0.05) is 24.9 Å². The molecule has 1 unspecified atom stereocenters. The number of nitrogens with one attached hydrogen (secondary N) is 1. The van der Waals surface area contributed by atoms with E-state index in [4.69, 9.17) is 4.74 Å². The van der Waals surface area contributed by atoms with Crippen molar-refractivity contribution >= 4 is 5.78 Å². The minimum Gasteiger partial charge on any atom is -0.486 e. The zero-order valence-corrected chi connectivity index (χ0v) is 21.8. The van der Waals surface area contributed by atoms with Crippen LogP contribution < -0.4 is 10.1 Å². The van der Waals surface area contributed by atoms with Crippen LogP contribution in [0.4, 0.5) is 0 Å². The maximum Gasteiger partial charge on any atom is 0.162 e. The van der Waals surface area contributed by atoms with Crippen LogP contribution in [0.3, 0.4) is 0 Å². The van der Waals surface area contributed by atoms with Crippen molar-refractivity contribution in [3.8, 4) is 5.75 Å². The average Bonchev–Trinajstić information content (AvgIpc) is 2.91. The number of nitrogens with zero attached hydrogens (tertiary/aromatic N) is 1. The van der Waals surface area contributed by atoms with Gasteiger partial charge in [0.2, 0.25) is 0 Å². The number of ketones is 1. The minimum absolute atomic E-state index is 0.0514. The Morgan fingerprint density at radius 1 is 1.00 bits per heavy atom. The third kappa shape index (κ3) is 7.78. The number of carbonyl (C=O) groups excluding carboxylic acids is 1. The molecule has 1 heterocycles. The predicted octanol–water partition coefficient (Wildman–Crippen LogP) is 6.60. The van der Waals surface area contributed by atoms with E-state index in [1.165, 1.54) is 24.0 Å². The minimum atomic E-state index is -0.0514. The van der Waals surface area contributed by atoms with Crippen LogP contribution in [-0.2, 0) is 6.54 Å². The molecule has 4 heteroatoms. The summed E-state index contributed by atoms with van der Waals surface area (Å²) in [6, 6.07) is 26.9. The van der Waals surface area contributed by atoms with E-state index >= 15 is 0 Å². The maximum absolute atomic E-state index is 12.9. The second-order valence-electron chi connectivity index (χ2n) is 10.1. The monoisotopic (exact) mass is 484 g/mol. The molecule has 3 aromatic rings. The fraction of sp³-hybridized carbons (Fsp3) is 0.406. The standard InChI is InChI=1S/C32H40N2O2/c1-25-7-6-10-30(23-25)36-32(17-20-33-2)29-14-12-28(13-15-29)31(35)16-11-26-18-21-34(22-19-26)24-27-8-4-3-5-9-27/h3-10,12-15,23,26,32-33H,11,16-22,24H2,1-2H3. The molecule has 0 aliphatic carbocycles. The summed E-state index contributed by atoms with van der Waals surface area (Å²) < 4.78 is 6.33. The zero-order chi connectivity index (χ0) is 25.2. The smallest absolute Gasteiger partial charge is 0.162 e. The van der Waals surface area contributed by atoms with Crippen LogP contribution in [0.2, 0.25) is 0 Å². The van der Waals surface area contributed by atoms with Gasteiger partial charge in [0.15, 0.2) is 5.78 Å². The predicted molar refractivity (Wildman–Crippen MR) is 148 cm³/mol. The number of benzene rings is 3. The number of piperidine rings is 1. The number of ether oxygens (including phenoxy) is 1. The molecular formula is C32H40N2O2. The highest BCUT2D eigenvalue weighted by Crippen LogP contribution is 2.27. The molecule has 1 atom stereocenters. The molecule has 0 bridgehead atoms. The summed E-state index contributed by atoms with van der Waals surface area (Å²) in [6.45, 7) is 6.21. The summed E-state index contributed by atoms with van der Waals surface area (Å²) in [4.78, 5) is 15.5. The van der Waals surface area contributed by atoms with E-state index in [0.29, 0.717) is 12.3 Å². The normalized spacial score (nSPS) is 15.5. The van der Waals surface area contributed by atoms with Crippen molar-refractivity contribution in [3.63, 3.8) is 0 Å². The van der Waals surface area contributed by atoms with Gasteiger partial charge in [-0.05, 0) is 87.6 Å². The number of aryl methyl sites for hydroxylation is 1.